The fraction of sp³-hybridized carbons (Fsp3) is 0.556. The molecule has 0 radical (unpaired) electrons. The van der Waals surface area contributed by atoms with E-state index < -0.39 is 31.2 Å². The van der Waals surface area contributed by atoms with Crippen molar-refractivity contribution >= 4 is 17.3 Å². The van der Waals surface area contributed by atoms with Crippen LogP contribution in [0, 0.1) is 0 Å². The van der Waals surface area contributed by atoms with Gasteiger partial charge in [-0.2, -0.15) is 0 Å². The first kappa shape index (κ1) is 12.3. The predicted molar refractivity (Wildman–Crippen MR) is 62.3 cm³/mol. The Kier molecular flexibility index (Phi) is 2.86. The van der Waals surface area contributed by atoms with Crippen molar-refractivity contribution in [1.82, 2.24) is 15.5 Å². The molecule has 3 heterocycles. The van der Waals surface area contributed by atoms with Gasteiger partial charge in [-0.3, -0.25) is 5.43 Å². The number of hydrogen-bond acceptors (Lipinski definition) is 9. The zero-order valence-electron chi connectivity index (χ0n) is 9.69. The second-order valence-electron chi connectivity index (χ2n) is 4.25. The third-order valence-electron chi connectivity index (χ3n) is 3.11. The summed E-state index contributed by atoms with van der Waals surface area (Å²) >= 11 is 0. The number of nitrogens with zero attached hydrogens (tertiary/aromatic N) is 3. The van der Waals surface area contributed by atoms with Gasteiger partial charge in [-0.25, -0.2) is 19.4 Å². The number of halogens is 1. The summed E-state index contributed by atoms with van der Waals surface area (Å²) in [5, 5.41) is 19.9. The summed E-state index contributed by atoms with van der Waals surface area (Å²) < 4.78 is 19.3. The Bertz CT molecular complexity index is 491. The maximum atomic E-state index is 14.0. The number of hydrogen-bond donors (Lipinski definition) is 5. The first-order chi connectivity index (χ1) is 9.13. The van der Waals surface area contributed by atoms with Crippen LogP contribution >= 0.6 is 0 Å². The van der Waals surface area contributed by atoms with Crippen molar-refractivity contribution in [2.45, 2.75) is 24.6 Å². The van der Waals surface area contributed by atoms with E-state index in [0.29, 0.717) is 11.5 Å². The minimum atomic E-state index is -1.70. The molecule has 104 valence electrons. The van der Waals surface area contributed by atoms with Gasteiger partial charge in [0.15, 0.2) is 24.0 Å². The largest absolute Gasteiger partial charge is 0.394 e. The van der Waals surface area contributed by atoms with E-state index in [4.69, 9.17) is 15.6 Å². The molecule has 1 fully saturated rings. The number of nitrogen functional groups attached to an aromatic ring is 1. The van der Waals surface area contributed by atoms with E-state index >= 15 is 0 Å². The van der Waals surface area contributed by atoms with Gasteiger partial charge in [-0.1, -0.05) is 0 Å². The van der Waals surface area contributed by atoms with Gasteiger partial charge in [0.05, 0.1) is 6.61 Å². The lowest BCUT2D eigenvalue weighted by Gasteiger charge is -2.25. The van der Waals surface area contributed by atoms with Crippen molar-refractivity contribution in [3.05, 3.63) is 6.33 Å². The lowest BCUT2D eigenvalue weighted by molar-refractivity contribution is -0.0242. The van der Waals surface area contributed by atoms with Gasteiger partial charge in [-0.15, -0.1) is 5.53 Å². The minimum absolute atomic E-state index is 0.202. The van der Waals surface area contributed by atoms with Crippen LogP contribution in [-0.2, 0) is 4.74 Å². The Labute approximate surface area is 107 Å². The minimum Gasteiger partial charge on any atom is -0.394 e. The number of nitrogens with two attached hydrogens (primary N) is 1. The molecule has 0 aliphatic carbocycles. The molecule has 0 bridgehead atoms. The van der Waals surface area contributed by atoms with Crippen molar-refractivity contribution in [3.63, 3.8) is 0 Å². The number of aromatic nitrogens is 2. The number of fused-ring (bicyclic) bond motifs is 1. The van der Waals surface area contributed by atoms with Crippen molar-refractivity contribution in [2.75, 3.05) is 22.8 Å². The highest BCUT2D eigenvalue weighted by atomic mass is 19.1. The van der Waals surface area contributed by atoms with Crippen LogP contribution < -0.4 is 21.7 Å². The average molecular weight is 272 g/mol. The predicted octanol–water partition coefficient (Wildman–Crippen LogP) is -1.87. The molecule has 9 nitrogen and oxygen atoms in total. The normalized spacial score (nSPS) is 33.3. The summed E-state index contributed by atoms with van der Waals surface area (Å²) in [5.41, 5.74) is 11.4. The van der Waals surface area contributed by atoms with Crippen LogP contribution in [-0.4, -0.2) is 51.4 Å². The molecule has 0 spiro atoms. The van der Waals surface area contributed by atoms with Crippen molar-refractivity contribution in [3.8, 4) is 0 Å². The number of aliphatic hydroxyl groups is 2. The SMILES string of the molecule is Nc1ncnc2c1NNN2[C@@H]1O[C@H](CO)[C@@H](O)[C@@H]1F. The van der Waals surface area contributed by atoms with Crippen molar-refractivity contribution in [2.24, 2.45) is 0 Å². The van der Waals surface area contributed by atoms with E-state index in [1.165, 1.54) is 11.3 Å². The molecule has 0 aromatic carbocycles. The van der Waals surface area contributed by atoms with E-state index in [1.54, 1.807) is 0 Å². The molecule has 2 aliphatic rings. The molecule has 4 atom stereocenters. The van der Waals surface area contributed by atoms with Gasteiger partial charge in [0, 0.05) is 0 Å². The smallest absolute Gasteiger partial charge is 0.181 e. The summed E-state index contributed by atoms with van der Waals surface area (Å²) in [6.45, 7) is -0.474. The molecule has 19 heavy (non-hydrogen) atoms. The maximum absolute atomic E-state index is 14.0. The Morgan fingerprint density at radius 2 is 2.32 bits per heavy atom. The third-order valence-corrected chi connectivity index (χ3v) is 3.11. The number of rotatable bonds is 2. The number of ether oxygens (including phenoxy) is 1. The Morgan fingerprint density at radius 3 is 3.00 bits per heavy atom. The Balaban J connectivity index is 1.88. The Hall–Kier alpha value is -1.75. The first-order valence-electron chi connectivity index (χ1n) is 5.63. The lowest BCUT2D eigenvalue weighted by atomic mass is 10.1. The number of aliphatic hydroxyl groups excluding tert-OH is 2. The first-order valence-corrected chi connectivity index (χ1v) is 5.63. The molecule has 1 aromatic heterocycles. The highest BCUT2D eigenvalue weighted by Crippen LogP contribution is 2.35. The molecule has 6 N–H and O–H groups in total. The summed E-state index contributed by atoms with van der Waals surface area (Å²) in [6.07, 6.45) is -3.98. The molecule has 10 heteroatoms. The zero-order valence-corrected chi connectivity index (χ0v) is 9.69. The second kappa shape index (κ2) is 4.42. The number of alkyl halides is 1. The lowest BCUT2D eigenvalue weighted by Crippen LogP contribution is -2.49. The van der Waals surface area contributed by atoms with Gasteiger partial charge in [0.2, 0.25) is 0 Å². The quantitative estimate of drug-likeness (QED) is 0.420. The highest BCUT2D eigenvalue weighted by Gasteiger charge is 2.49. The summed E-state index contributed by atoms with van der Waals surface area (Å²) in [5.74, 6) is 0.513. The van der Waals surface area contributed by atoms with Crippen molar-refractivity contribution < 1.29 is 19.3 Å². The fourth-order valence-corrected chi connectivity index (χ4v) is 2.11. The molecule has 1 aromatic rings. The zero-order chi connectivity index (χ0) is 13.6. The molecule has 0 saturated carbocycles. The Morgan fingerprint density at radius 1 is 1.53 bits per heavy atom. The number of nitrogens with one attached hydrogen (secondary N) is 2. The fourth-order valence-electron chi connectivity index (χ4n) is 2.11. The van der Waals surface area contributed by atoms with Crippen LogP contribution in [0.1, 0.15) is 0 Å². The van der Waals surface area contributed by atoms with E-state index in [0.717, 1.165) is 0 Å². The van der Waals surface area contributed by atoms with Gasteiger partial charge in [-0.05, 0) is 0 Å². The maximum Gasteiger partial charge on any atom is 0.181 e. The third kappa shape index (κ3) is 1.76. The van der Waals surface area contributed by atoms with Gasteiger partial charge < -0.3 is 20.7 Å². The monoisotopic (exact) mass is 272 g/mol. The molecular formula is C9H13FN6O3. The van der Waals surface area contributed by atoms with Crippen LogP contribution in [0.5, 0.6) is 0 Å². The van der Waals surface area contributed by atoms with Gasteiger partial charge in [0.1, 0.15) is 24.2 Å². The topological polar surface area (TPSA) is 129 Å². The molecule has 2 aliphatic heterocycles. The second-order valence-corrected chi connectivity index (χ2v) is 4.25. The van der Waals surface area contributed by atoms with E-state index in [2.05, 4.69) is 20.9 Å². The molecule has 0 amide bonds. The summed E-state index contributed by atoms with van der Waals surface area (Å²) in [4.78, 5) is 7.77. The number of hydrazine groups is 2. The van der Waals surface area contributed by atoms with Crippen molar-refractivity contribution in [1.29, 1.82) is 0 Å². The van der Waals surface area contributed by atoms with Crippen LogP contribution in [0.2, 0.25) is 0 Å². The summed E-state index contributed by atoms with van der Waals surface area (Å²) in [7, 11) is 0. The van der Waals surface area contributed by atoms with E-state index in [9.17, 15) is 9.50 Å². The van der Waals surface area contributed by atoms with Gasteiger partial charge in [0.25, 0.3) is 0 Å². The summed E-state index contributed by atoms with van der Waals surface area (Å²) in [6, 6.07) is 0. The van der Waals surface area contributed by atoms with Crippen LogP contribution in [0.3, 0.4) is 0 Å². The molecule has 1 saturated heterocycles. The molecule has 0 unspecified atom stereocenters. The average Bonchev–Trinajstić information content (AvgIpc) is 2.94. The standard InChI is InChI=1S/C9H13FN6O3/c10-4-6(18)3(1-17)19-9(4)16-8-5(14-15-16)7(11)12-2-13-8/h2-4,6,9,14-15,17-18H,1H2,(H2,11,12,13)/t3-,4+,6-,9-/m1/s1. The van der Waals surface area contributed by atoms with E-state index in [-0.39, 0.29) is 5.82 Å². The van der Waals surface area contributed by atoms with E-state index in [1.807, 2.05) is 0 Å². The number of anilines is 3. The molecular weight excluding hydrogens is 259 g/mol. The highest BCUT2D eigenvalue weighted by molar-refractivity contribution is 5.78. The van der Waals surface area contributed by atoms with Crippen LogP contribution in [0.4, 0.5) is 21.7 Å². The molecule has 3 rings (SSSR count). The van der Waals surface area contributed by atoms with Crippen LogP contribution in [0.15, 0.2) is 6.33 Å². The van der Waals surface area contributed by atoms with Crippen LogP contribution in [0.25, 0.3) is 0 Å². The van der Waals surface area contributed by atoms with Gasteiger partial charge >= 0.3 is 0 Å².